The number of aromatic nitrogens is 1. The highest BCUT2D eigenvalue weighted by Crippen LogP contribution is 2.06. The zero-order chi connectivity index (χ0) is 11.8. The Kier molecular flexibility index (Phi) is 5.96. The molecular weight excluding hydrogens is 207 g/mol. The van der Waals surface area contributed by atoms with Crippen molar-refractivity contribution in [2.45, 2.75) is 26.3 Å². The number of hydrogen-bond acceptors (Lipinski definition) is 3. The summed E-state index contributed by atoms with van der Waals surface area (Å²) in [5, 5.41) is 8.94. The van der Waals surface area contributed by atoms with E-state index in [-0.39, 0.29) is 6.61 Å². The second-order valence-electron chi connectivity index (χ2n) is 3.84. The number of halogens is 1. The van der Waals surface area contributed by atoms with Gasteiger partial charge in [-0.1, -0.05) is 13.3 Å². The lowest BCUT2D eigenvalue weighted by Crippen LogP contribution is -2.27. The molecule has 16 heavy (non-hydrogen) atoms. The van der Waals surface area contributed by atoms with Crippen LogP contribution in [-0.2, 0) is 6.54 Å². The van der Waals surface area contributed by atoms with E-state index in [2.05, 4.69) is 16.8 Å². The molecule has 1 heterocycles. The first kappa shape index (κ1) is 13.1. The standard InChI is InChI=1S/C12H19FN2O/c1-2-3-6-15(7-8-16)10-11-4-5-14-12(13)9-11/h4-5,9,16H,2-3,6-8,10H2,1H3. The Bertz CT molecular complexity index is 307. The fourth-order valence-electron chi connectivity index (χ4n) is 1.59. The highest BCUT2D eigenvalue weighted by molar-refractivity contribution is 5.10. The van der Waals surface area contributed by atoms with Gasteiger partial charge in [-0.25, -0.2) is 4.98 Å². The molecule has 0 atom stereocenters. The number of unbranched alkanes of at least 4 members (excludes halogenated alkanes) is 1. The molecule has 0 amide bonds. The Labute approximate surface area is 95.9 Å². The molecule has 0 radical (unpaired) electrons. The third-order valence-electron chi connectivity index (χ3n) is 2.44. The van der Waals surface area contributed by atoms with Crippen molar-refractivity contribution in [2.75, 3.05) is 19.7 Å². The van der Waals surface area contributed by atoms with Gasteiger partial charge in [0.05, 0.1) is 6.61 Å². The average Bonchev–Trinajstić information content (AvgIpc) is 2.26. The summed E-state index contributed by atoms with van der Waals surface area (Å²) >= 11 is 0. The molecule has 1 N–H and O–H groups in total. The molecule has 4 heteroatoms. The van der Waals surface area contributed by atoms with E-state index >= 15 is 0 Å². The highest BCUT2D eigenvalue weighted by atomic mass is 19.1. The van der Waals surface area contributed by atoms with Crippen LogP contribution in [0, 0.1) is 5.95 Å². The number of nitrogens with zero attached hydrogens (tertiary/aromatic N) is 2. The molecule has 1 aromatic heterocycles. The van der Waals surface area contributed by atoms with E-state index in [0.29, 0.717) is 13.1 Å². The van der Waals surface area contributed by atoms with Crippen LogP contribution >= 0.6 is 0 Å². The van der Waals surface area contributed by atoms with Crippen LogP contribution in [-0.4, -0.2) is 34.7 Å². The fraction of sp³-hybridized carbons (Fsp3) is 0.583. The van der Waals surface area contributed by atoms with Crippen molar-refractivity contribution < 1.29 is 9.50 Å². The quantitative estimate of drug-likeness (QED) is 0.720. The molecule has 0 bridgehead atoms. The molecule has 0 aliphatic rings. The van der Waals surface area contributed by atoms with E-state index in [1.807, 2.05) is 0 Å². The van der Waals surface area contributed by atoms with Crippen molar-refractivity contribution in [3.63, 3.8) is 0 Å². The minimum atomic E-state index is -0.447. The van der Waals surface area contributed by atoms with Crippen LogP contribution in [0.5, 0.6) is 0 Å². The topological polar surface area (TPSA) is 36.4 Å². The minimum absolute atomic E-state index is 0.136. The first-order valence-corrected chi connectivity index (χ1v) is 5.70. The van der Waals surface area contributed by atoms with Crippen molar-refractivity contribution in [3.05, 3.63) is 29.8 Å². The maximum absolute atomic E-state index is 12.9. The van der Waals surface area contributed by atoms with Crippen molar-refractivity contribution in [1.82, 2.24) is 9.88 Å². The van der Waals surface area contributed by atoms with Gasteiger partial charge in [-0.2, -0.15) is 4.39 Å². The molecule has 0 unspecified atom stereocenters. The lowest BCUT2D eigenvalue weighted by molar-refractivity contribution is 0.188. The van der Waals surface area contributed by atoms with Crippen LogP contribution in [0.3, 0.4) is 0 Å². The number of hydrogen-bond donors (Lipinski definition) is 1. The molecule has 0 aliphatic carbocycles. The monoisotopic (exact) mass is 226 g/mol. The van der Waals surface area contributed by atoms with Crippen LogP contribution in [0.1, 0.15) is 25.3 Å². The fourth-order valence-corrected chi connectivity index (χ4v) is 1.59. The summed E-state index contributed by atoms with van der Waals surface area (Å²) in [4.78, 5) is 5.64. The normalized spacial score (nSPS) is 11.0. The zero-order valence-corrected chi connectivity index (χ0v) is 9.69. The van der Waals surface area contributed by atoms with Gasteiger partial charge >= 0.3 is 0 Å². The van der Waals surface area contributed by atoms with Crippen LogP contribution in [0.15, 0.2) is 18.3 Å². The molecular formula is C12H19FN2O. The SMILES string of the molecule is CCCCN(CCO)Cc1ccnc(F)c1. The molecule has 0 fully saturated rings. The Balaban J connectivity index is 2.52. The largest absolute Gasteiger partial charge is 0.395 e. The van der Waals surface area contributed by atoms with E-state index < -0.39 is 5.95 Å². The number of aliphatic hydroxyl groups is 1. The van der Waals surface area contributed by atoms with Crippen molar-refractivity contribution in [3.8, 4) is 0 Å². The molecule has 1 aromatic rings. The maximum Gasteiger partial charge on any atom is 0.213 e. The first-order valence-electron chi connectivity index (χ1n) is 5.70. The van der Waals surface area contributed by atoms with Gasteiger partial charge in [0.25, 0.3) is 0 Å². The summed E-state index contributed by atoms with van der Waals surface area (Å²) in [5.41, 5.74) is 0.900. The Hall–Kier alpha value is -1.00. The van der Waals surface area contributed by atoms with E-state index in [9.17, 15) is 4.39 Å². The van der Waals surface area contributed by atoms with Crippen LogP contribution in [0.2, 0.25) is 0 Å². The summed E-state index contributed by atoms with van der Waals surface area (Å²) in [5.74, 6) is -0.447. The molecule has 0 spiro atoms. The lowest BCUT2D eigenvalue weighted by Gasteiger charge is -2.20. The third kappa shape index (κ3) is 4.68. The number of aliphatic hydroxyl groups excluding tert-OH is 1. The summed E-state index contributed by atoms with van der Waals surface area (Å²) in [7, 11) is 0. The smallest absolute Gasteiger partial charge is 0.213 e. The van der Waals surface area contributed by atoms with Gasteiger partial charge in [0.1, 0.15) is 0 Å². The lowest BCUT2D eigenvalue weighted by atomic mass is 10.2. The van der Waals surface area contributed by atoms with Gasteiger partial charge in [0.15, 0.2) is 0 Å². The predicted octanol–water partition coefficient (Wildman–Crippen LogP) is 1.82. The summed E-state index contributed by atoms with van der Waals surface area (Å²) in [6.45, 7) is 4.49. The highest BCUT2D eigenvalue weighted by Gasteiger charge is 2.05. The van der Waals surface area contributed by atoms with Crippen molar-refractivity contribution >= 4 is 0 Å². The predicted molar refractivity (Wildman–Crippen MR) is 61.5 cm³/mol. The summed E-state index contributed by atoms with van der Waals surface area (Å²) in [6.07, 6.45) is 3.68. The molecule has 0 saturated heterocycles. The van der Waals surface area contributed by atoms with Gasteiger partial charge in [-0.15, -0.1) is 0 Å². The molecule has 0 aromatic carbocycles. The van der Waals surface area contributed by atoms with Crippen LogP contribution in [0.25, 0.3) is 0 Å². The van der Waals surface area contributed by atoms with Crippen LogP contribution in [0.4, 0.5) is 4.39 Å². The van der Waals surface area contributed by atoms with Crippen molar-refractivity contribution in [1.29, 1.82) is 0 Å². The molecule has 3 nitrogen and oxygen atoms in total. The molecule has 90 valence electrons. The number of pyridine rings is 1. The molecule has 0 aliphatic heterocycles. The first-order chi connectivity index (χ1) is 7.76. The Morgan fingerprint density at radius 3 is 2.88 bits per heavy atom. The van der Waals surface area contributed by atoms with Crippen molar-refractivity contribution in [2.24, 2.45) is 0 Å². The van der Waals surface area contributed by atoms with Gasteiger partial charge in [-0.3, -0.25) is 4.90 Å². The van der Waals surface area contributed by atoms with Crippen LogP contribution < -0.4 is 0 Å². The van der Waals surface area contributed by atoms with E-state index in [1.54, 1.807) is 6.07 Å². The minimum Gasteiger partial charge on any atom is -0.395 e. The Morgan fingerprint density at radius 1 is 1.44 bits per heavy atom. The second-order valence-corrected chi connectivity index (χ2v) is 3.84. The van der Waals surface area contributed by atoms with E-state index in [0.717, 1.165) is 24.9 Å². The zero-order valence-electron chi connectivity index (χ0n) is 9.69. The van der Waals surface area contributed by atoms with Gasteiger partial charge in [0, 0.05) is 19.3 Å². The molecule has 0 saturated carbocycles. The van der Waals surface area contributed by atoms with E-state index in [1.165, 1.54) is 12.3 Å². The third-order valence-corrected chi connectivity index (χ3v) is 2.44. The maximum atomic E-state index is 12.9. The summed E-state index contributed by atoms with van der Waals surface area (Å²) < 4.78 is 12.9. The van der Waals surface area contributed by atoms with E-state index in [4.69, 9.17) is 5.11 Å². The Morgan fingerprint density at radius 2 is 2.25 bits per heavy atom. The number of rotatable bonds is 7. The average molecular weight is 226 g/mol. The van der Waals surface area contributed by atoms with Gasteiger partial charge in [0.2, 0.25) is 5.95 Å². The van der Waals surface area contributed by atoms with Gasteiger partial charge < -0.3 is 5.11 Å². The van der Waals surface area contributed by atoms with Gasteiger partial charge in [-0.05, 0) is 30.7 Å². The second kappa shape index (κ2) is 7.30. The summed E-state index contributed by atoms with van der Waals surface area (Å²) in [6, 6.07) is 3.25. The molecule has 1 rings (SSSR count).